The molecule has 0 unspecified atom stereocenters. The van der Waals surface area contributed by atoms with E-state index in [0.717, 1.165) is 16.9 Å². The summed E-state index contributed by atoms with van der Waals surface area (Å²) >= 11 is 0. The zero-order valence-corrected chi connectivity index (χ0v) is 12.0. The predicted molar refractivity (Wildman–Crippen MR) is 72.2 cm³/mol. The van der Waals surface area contributed by atoms with Gasteiger partial charge in [-0.05, 0) is 64.8 Å². The van der Waals surface area contributed by atoms with Crippen molar-refractivity contribution in [3.8, 4) is 5.75 Å². The van der Waals surface area contributed by atoms with Gasteiger partial charge in [0.25, 0.3) is 0 Å². The Kier molecular flexibility index (Phi) is 4.76. The van der Waals surface area contributed by atoms with Gasteiger partial charge in [0.2, 0.25) is 0 Å². The smallest absolute Gasteiger partial charge is 0.338 e. The Morgan fingerprint density at radius 3 is 1.89 bits per heavy atom. The van der Waals surface area contributed by atoms with Gasteiger partial charge in [-0.3, -0.25) is 0 Å². The van der Waals surface area contributed by atoms with E-state index in [2.05, 4.69) is 0 Å². The molecule has 0 radical (unpaired) electrons. The number of hydrogen-bond donors (Lipinski definition) is 0. The van der Waals surface area contributed by atoms with Crippen molar-refractivity contribution in [3.63, 3.8) is 0 Å². The van der Waals surface area contributed by atoms with Crippen LogP contribution in [0.1, 0.15) is 49.2 Å². The van der Waals surface area contributed by atoms with E-state index in [9.17, 15) is 4.79 Å². The predicted octanol–water partition coefficient (Wildman–Crippen LogP) is 3.66. The Morgan fingerprint density at radius 2 is 1.50 bits per heavy atom. The SMILES string of the molecule is Cc1cc(OC(C)C)cc(C)c1C(=O)OC(C)C. The molecule has 18 heavy (non-hydrogen) atoms. The molecule has 1 aromatic carbocycles. The molecule has 0 bridgehead atoms. The molecule has 0 aromatic heterocycles. The fraction of sp³-hybridized carbons (Fsp3) is 0.533. The van der Waals surface area contributed by atoms with Crippen LogP contribution in [0.25, 0.3) is 0 Å². The van der Waals surface area contributed by atoms with Gasteiger partial charge < -0.3 is 9.47 Å². The molecule has 1 aromatic rings. The van der Waals surface area contributed by atoms with Crippen molar-refractivity contribution in [1.82, 2.24) is 0 Å². The van der Waals surface area contributed by atoms with Crippen molar-refractivity contribution in [2.24, 2.45) is 0 Å². The summed E-state index contributed by atoms with van der Waals surface area (Å²) < 4.78 is 10.9. The van der Waals surface area contributed by atoms with Crippen LogP contribution in [-0.4, -0.2) is 18.2 Å². The summed E-state index contributed by atoms with van der Waals surface area (Å²) in [6.45, 7) is 11.4. The van der Waals surface area contributed by atoms with Crippen LogP contribution in [0.3, 0.4) is 0 Å². The molecule has 0 N–H and O–H groups in total. The molecule has 1 rings (SSSR count). The zero-order chi connectivity index (χ0) is 13.9. The number of aryl methyl sites for hydroxylation is 2. The van der Waals surface area contributed by atoms with Crippen LogP contribution in [0.15, 0.2) is 12.1 Å². The minimum Gasteiger partial charge on any atom is -0.491 e. The number of benzene rings is 1. The molecule has 0 aliphatic carbocycles. The lowest BCUT2D eigenvalue weighted by atomic mass is 10.0. The molecule has 3 heteroatoms. The van der Waals surface area contributed by atoms with Crippen LogP contribution in [-0.2, 0) is 4.74 Å². The van der Waals surface area contributed by atoms with Gasteiger partial charge >= 0.3 is 5.97 Å². The first-order valence-corrected chi connectivity index (χ1v) is 6.30. The van der Waals surface area contributed by atoms with Crippen LogP contribution in [0.4, 0.5) is 0 Å². The number of ether oxygens (including phenoxy) is 2. The van der Waals surface area contributed by atoms with Gasteiger partial charge in [-0.2, -0.15) is 0 Å². The van der Waals surface area contributed by atoms with Crippen LogP contribution < -0.4 is 4.74 Å². The quantitative estimate of drug-likeness (QED) is 0.765. The maximum atomic E-state index is 12.0. The summed E-state index contributed by atoms with van der Waals surface area (Å²) in [6.07, 6.45) is 0.0140. The molecular formula is C15H22O3. The third-order valence-corrected chi connectivity index (χ3v) is 2.42. The van der Waals surface area contributed by atoms with Crippen LogP contribution >= 0.6 is 0 Å². The number of hydrogen-bond acceptors (Lipinski definition) is 3. The molecule has 100 valence electrons. The van der Waals surface area contributed by atoms with E-state index in [4.69, 9.17) is 9.47 Å². The lowest BCUT2D eigenvalue weighted by Crippen LogP contribution is -2.15. The highest BCUT2D eigenvalue weighted by Crippen LogP contribution is 2.23. The maximum absolute atomic E-state index is 12.0. The summed E-state index contributed by atoms with van der Waals surface area (Å²) in [5.41, 5.74) is 2.41. The molecular weight excluding hydrogens is 228 g/mol. The second-order valence-corrected chi connectivity index (χ2v) is 5.05. The van der Waals surface area contributed by atoms with Gasteiger partial charge in [0, 0.05) is 0 Å². The second-order valence-electron chi connectivity index (χ2n) is 5.05. The van der Waals surface area contributed by atoms with Crippen molar-refractivity contribution in [1.29, 1.82) is 0 Å². The largest absolute Gasteiger partial charge is 0.491 e. The van der Waals surface area contributed by atoms with E-state index in [1.165, 1.54) is 0 Å². The Balaban J connectivity index is 3.04. The van der Waals surface area contributed by atoms with Gasteiger partial charge in [0.15, 0.2) is 0 Å². The maximum Gasteiger partial charge on any atom is 0.338 e. The van der Waals surface area contributed by atoms with Gasteiger partial charge in [-0.15, -0.1) is 0 Å². The van der Waals surface area contributed by atoms with Crippen LogP contribution in [0.5, 0.6) is 5.75 Å². The number of rotatable bonds is 4. The van der Waals surface area contributed by atoms with Crippen molar-refractivity contribution in [2.45, 2.75) is 53.8 Å². The molecule has 3 nitrogen and oxygen atoms in total. The molecule has 0 aliphatic rings. The van der Waals surface area contributed by atoms with Gasteiger partial charge in [-0.1, -0.05) is 0 Å². The Hall–Kier alpha value is -1.51. The van der Waals surface area contributed by atoms with E-state index in [-0.39, 0.29) is 18.2 Å². The molecule has 0 heterocycles. The first kappa shape index (κ1) is 14.6. The topological polar surface area (TPSA) is 35.5 Å². The third-order valence-electron chi connectivity index (χ3n) is 2.42. The third kappa shape index (κ3) is 3.76. The lowest BCUT2D eigenvalue weighted by molar-refractivity contribution is 0.0376. The highest BCUT2D eigenvalue weighted by atomic mass is 16.5. The van der Waals surface area contributed by atoms with Crippen LogP contribution in [0, 0.1) is 13.8 Å². The first-order valence-electron chi connectivity index (χ1n) is 6.30. The first-order chi connectivity index (χ1) is 8.31. The van der Waals surface area contributed by atoms with Crippen molar-refractivity contribution in [2.75, 3.05) is 0 Å². The molecule has 0 saturated carbocycles. The highest BCUT2D eigenvalue weighted by molar-refractivity contribution is 5.93. The Bertz CT molecular complexity index is 410. The number of esters is 1. The molecule has 0 amide bonds. The van der Waals surface area contributed by atoms with Crippen molar-refractivity contribution in [3.05, 3.63) is 28.8 Å². The molecule has 0 saturated heterocycles. The summed E-state index contributed by atoms with van der Waals surface area (Å²) in [6, 6.07) is 3.76. The average Bonchev–Trinajstić information content (AvgIpc) is 2.12. The second kappa shape index (κ2) is 5.89. The van der Waals surface area contributed by atoms with Gasteiger partial charge in [0.1, 0.15) is 5.75 Å². The van der Waals surface area contributed by atoms with Crippen molar-refractivity contribution >= 4 is 5.97 Å². The standard InChI is InChI=1S/C15H22O3/c1-9(2)17-13-7-11(5)14(12(6)8-13)15(16)18-10(3)4/h7-10H,1-6H3. The van der Waals surface area contributed by atoms with Crippen molar-refractivity contribution < 1.29 is 14.3 Å². The van der Waals surface area contributed by atoms with E-state index in [0.29, 0.717) is 5.56 Å². The minimum absolute atomic E-state index is 0.108. The zero-order valence-electron chi connectivity index (χ0n) is 12.0. The molecule has 0 fully saturated rings. The number of carbonyl (C=O) groups excluding carboxylic acids is 1. The van der Waals surface area contributed by atoms with Gasteiger partial charge in [-0.25, -0.2) is 4.79 Å². The fourth-order valence-electron chi connectivity index (χ4n) is 1.86. The highest BCUT2D eigenvalue weighted by Gasteiger charge is 2.16. The van der Waals surface area contributed by atoms with E-state index in [1.54, 1.807) is 0 Å². The minimum atomic E-state index is -0.268. The summed E-state index contributed by atoms with van der Waals surface area (Å²) in [4.78, 5) is 12.0. The summed E-state index contributed by atoms with van der Waals surface area (Å²) in [7, 11) is 0. The molecule has 0 atom stereocenters. The van der Waals surface area contributed by atoms with Crippen LogP contribution in [0.2, 0.25) is 0 Å². The fourth-order valence-corrected chi connectivity index (χ4v) is 1.86. The Labute approximate surface area is 109 Å². The van der Waals surface area contributed by atoms with E-state index >= 15 is 0 Å². The molecule has 0 aliphatic heterocycles. The summed E-state index contributed by atoms with van der Waals surface area (Å²) in [5.74, 6) is 0.525. The monoisotopic (exact) mass is 250 g/mol. The lowest BCUT2D eigenvalue weighted by Gasteiger charge is -2.15. The molecule has 0 spiro atoms. The average molecular weight is 250 g/mol. The van der Waals surface area contributed by atoms with E-state index in [1.807, 2.05) is 53.7 Å². The normalized spacial score (nSPS) is 10.9. The Morgan fingerprint density at radius 1 is 1.00 bits per heavy atom. The summed E-state index contributed by atoms with van der Waals surface area (Å²) in [5, 5.41) is 0. The number of carbonyl (C=O) groups is 1. The van der Waals surface area contributed by atoms with E-state index < -0.39 is 0 Å². The van der Waals surface area contributed by atoms with Gasteiger partial charge in [0.05, 0.1) is 17.8 Å².